The van der Waals surface area contributed by atoms with Gasteiger partial charge in [0.25, 0.3) is 0 Å². The molecule has 1 saturated carbocycles. The number of ether oxygens (including phenoxy) is 1. The van der Waals surface area contributed by atoms with Crippen molar-refractivity contribution in [2.45, 2.75) is 19.8 Å². The predicted molar refractivity (Wildman–Crippen MR) is 134 cm³/mol. The van der Waals surface area contributed by atoms with Gasteiger partial charge in [-0.05, 0) is 49.6 Å². The molecule has 0 unspecified atom stereocenters. The number of rotatable bonds is 8. The Hall–Kier alpha value is -3.98. The predicted octanol–water partition coefficient (Wildman–Crippen LogP) is 5.19. The third-order valence-electron chi connectivity index (χ3n) is 5.32. The number of nitrogens with one attached hydrogen (secondary N) is 3. The Morgan fingerprint density at radius 1 is 1.00 bits per heavy atom. The Labute approximate surface area is 200 Å². The van der Waals surface area contributed by atoms with Crippen molar-refractivity contribution in [3.63, 3.8) is 0 Å². The molecule has 8 nitrogen and oxygen atoms in total. The number of hydrogen-bond acceptors (Lipinski definition) is 7. The average Bonchev–Trinajstić information content (AvgIpc) is 3.61. The molecule has 0 bridgehead atoms. The molecule has 0 saturated heterocycles. The second-order valence-electron chi connectivity index (χ2n) is 8.11. The lowest BCUT2D eigenvalue weighted by Gasteiger charge is -2.12. The Morgan fingerprint density at radius 2 is 1.82 bits per heavy atom. The SMILES string of the molecule is Cc1ccc(NC(=O)CNc2ccccc2)cc1Oc1ccc2nc(NC(=O)C3CC3)sc2n1. The number of pyridine rings is 1. The van der Waals surface area contributed by atoms with E-state index in [9.17, 15) is 9.59 Å². The van der Waals surface area contributed by atoms with E-state index in [0.29, 0.717) is 32.8 Å². The molecule has 1 aliphatic carbocycles. The first-order valence-corrected chi connectivity index (χ1v) is 11.8. The van der Waals surface area contributed by atoms with Crippen LogP contribution in [-0.4, -0.2) is 28.3 Å². The fourth-order valence-corrected chi connectivity index (χ4v) is 4.14. The highest BCUT2D eigenvalue weighted by molar-refractivity contribution is 7.21. The van der Waals surface area contributed by atoms with Crippen LogP contribution in [-0.2, 0) is 9.59 Å². The lowest BCUT2D eigenvalue weighted by Crippen LogP contribution is -2.21. The van der Waals surface area contributed by atoms with Crippen LogP contribution in [0, 0.1) is 12.8 Å². The van der Waals surface area contributed by atoms with E-state index in [0.717, 1.165) is 24.1 Å². The number of carbonyl (C=O) groups is 2. The summed E-state index contributed by atoms with van der Waals surface area (Å²) in [5, 5.41) is 9.37. The molecule has 1 fully saturated rings. The summed E-state index contributed by atoms with van der Waals surface area (Å²) in [4.78, 5) is 34.0. The van der Waals surface area contributed by atoms with E-state index >= 15 is 0 Å². The summed E-state index contributed by atoms with van der Waals surface area (Å²) in [6, 6.07) is 18.6. The summed E-state index contributed by atoms with van der Waals surface area (Å²) in [6.07, 6.45) is 1.88. The molecule has 2 amide bonds. The number of anilines is 3. The molecular formula is C25H23N5O3S. The summed E-state index contributed by atoms with van der Waals surface area (Å²) in [5.41, 5.74) is 3.12. The van der Waals surface area contributed by atoms with Crippen LogP contribution in [0.2, 0.25) is 0 Å². The molecule has 0 radical (unpaired) electrons. The summed E-state index contributed by atoms with van der Waals surface area (Å²) >= 11 is 1.32. The molecule has 2 aromatic heterocycles. The van der Waals surface area contributed by atoms with Gasteiger partial charge < -0.3 is 20.7 Å². The van der Waals surface area contributed by atoms with Gasteiger partial charge in [-0.1, -0.05) is 35.6 Å². The van der Waals surface area contributed by atoms with E-state index in [1.165, 1.54) is 11.3 Å². The zero-order valence-electron chi connectivity index (χ0n) is 18.5. The molecule has 2 aromatic carbocycles. The van der Waals surface area contributed by atoms with Crippen molar-refractivity contribution in [2.75, 3.05) is 22.5 Å². The van der Waals surface area contributed by atoms with Gasteiger partial charge in [-0.25, -0.2) is 9.97 Å². The number of carbonyl (C=O) groups excluding carboxylic acids is 2. The number of aromatic nitrogens is 2. The van der Waals surface area contributed by atoms with Gasteiger partial charge in [0.15, 0.2) is 5.13 Å². The molecule has 4 aromatic rings. The molecule has 3 N–H and O–H groups in total. The lowest BCUT2D eigenvalue weighted by molar-refractivity contribution is -0.117. The van der Waals surface area contributed by atoms with E-state index in [2.05, 4.69) is 25.9 Å². The van der Waals surface area contributed by atoms with Crippen LogP contribution in [0.3, 0.4) is 0 Å². The fourth-order valence-electron chi connectivity index (χ4n) is 3.31. The van der Waals surface area contributed by atoms with Crippen LogP contribution < -0.4 is 20.7 Å². The number of benzene rings is 2. The van der Waals surface area contributed by atoms with E-state index in [-0.39, 0.29) is 24.3 Å². The summed E-state index contributed by atoms with van der Waals surface area (Å²) < 4.78 is 6.02. The highest BCUT2D eigenvalue weighted by atomic mass is 32.1. The van der Waals surface area contributed by atoms with Gasteiger partial charge >= 0.3 is 0 Å². The Bertz CT molecular complexity index is 1350. The zero-order chi connectivity index (χ0) is 23.5. The summed E-state index contributed by atoms with van der Waals surface area (Å²) in [7, 11) is 0. The maximum atomic E-state index is 12.3. The van der Waals surface area contributed by atoms with Crippen molar-refractivity contribution < 1.29 is 14.3 Å². The number of fused-ring (bicyclic) bond motifs is 1. The minimum atomic E-state index is -0.163. The molecule has 9 heteroatoms. The largest absolute Gasteiger partial charge is 0.439 e. The van der Waals surface area contributed by atoms with Crippen LogP contribution in [0.4, 0.5) is 16.5 Å². The van der Waals surface area contributed by atoms with Crippen molar-refractivity contribution in [1.82, 2.24) is 9.97 Å². The molecule has 0 atom stereocenters. The van der Waals surface area contributed by atoms with Crippen molar-refractivity contribution >= 4 is 50.0 Å². The van der Waals surface area contributed by atoms with Gasteiger partial charge in [-0.15, -0.1) is 0 Å². The first kappa shape index (κ1) is 21.8. The van der Waals surface area contributed by atoms with Crippen LogP contribution in [0.1, 0.15) is 18.4 Å². The first-order chi connectivity index (χ1) is 16.5. The maximum Gasteiger partial charge on any atom is 0.243 e. The maximum absolute atomic E-state index is 12.3. The van der Waals surface area contributed by atoms with Crippen molar-refractivity contribution in [3.8, 4) is 11.6 Å². The van der Waals surface area contributed by atoms with Crippen molar-refractivity contribution in [3.05, 3.63) is 66.2 Å². The quantitative estimate of drug-likeness (QED) is 0.325. The summed E-state index contributed by atoms with van der Waals surface area (Å²) in [6.45, 7) is 2.08. The molecule has 2 heterocycles. The number of thiazole rings is 1. The van der Waals surface area contributed by atoms with Gasteiger partial charge in [-0.3, -0.25) is 9.59 Å². The van der Waals surface area contributed by atoms with Gasteiger partial charge in [-0.2, -0.15) is 0 Å². The number of hydrogen-bond donors (Lipinski definition) is 3. The minimum absolute atomic E-state index is 0.0176. The first-order valence-electron chi connectivity index (χ1n) is 11.0. The topological polar surface area (TPSA) is 105 Å². The van der Waals surface area contributed by atoms with Gasteiger partial charge in [0.05, 0.1) is 6.54 Å². The highest BCUT2D eigenvalue weighted by Gasteiger charge is 2.30. The zero-order valence-corrected chi connectivity index (χ0v) is 19.3. The van der Waals surface area contributed by atoms with E-state index in [1.807, 2.05) is 55.5 Å². The third-order valence-corrected chi connectivity index (χ3v) is 6.20. The minimum Gasteiger partial charge on any atom is -0.439 e. The second kappa shape index (κ2) is 9.48. The standard InChI is InChI=1S/C25H23N5O3S/c1-15-7-10-18(27-21(31)14-26-17-5-3-2-4-6-17)13-20(15)33-22-12-11-19-24(29-22)34-25(28-19)30-23(32)16-8-9-16/h2-7,10-13,16,26H,8-9,14H2,1H3,(H,27,31)(H,28,30,32). The van der Waals surface area contributed by atoms with Crippen molar-refractivity contribution in [2.24, 2.45) is 5.92 Å². The smallest absolute Gasteiger partial charge is 0.243 e. The molecule has 0 aliphatic heterocycles. The monoisotopic (exact) mass is 473 g/mol. The van der Waals surface area contributed by atoms with E-state index < -0.39 is 0 Å². The van der Waals surface area contributed by atoms with Crippen LogP contribution in [0.5, 0.6) is 11.6 Å². The molecule has 0 spiro atoms. The third kappa shape index (κ3) is 5.32. The normalized spacial score (nSPS) is 12.9. The average molecular weight is 474 g/mol. The van der Waals surface area contributed by atoms with Crippen LogP contribution >= 0.6 is 11.3 Å². The molecule has 172 valence electrons. The fraction of sp³-hybridized carbons (Fsp3) is 0.200. The van der Waals surface area contributed by atoms with Gasteiger partial charge in [0, 0.05) is 29.4 Å². The van der Waals surface area contributed by atoms with E-state index in [4.69, 9.17) is 4.74 Å². The Balaban J connectivity index is 1.25. The number of para-hydroxylation sites is 1. The van der Waals surface area contributed by atoms with Crippen LogP contribution in [0.25, 0.3) is 10.3 Å². The number of amides is 2. The van der Waals surface area contributed by atoms with Crippen LogP contribution in [0.15, 0.2) is 60.7 Å². The van der Waals surface area contributed by atoms with E-state index in [1.54, 1.807) is 12.1 Å². The number of nitrogens with zero attached hydrogens (tertiary/aromatic N) is 2. The molecule has 1 aliphatic rings. The highest BCUT2D eigenvalue weighted by Crippen LogP contribution is 2.33. The second-order valence-corrected chi connectivity index (χ2v) is 9.08. The Kier molecular flexibility index (Phi) is 6.09. The van der Waals surface area contributed by atoms with Crippen molar-refractivity contribution in [1.29, 1.82) is 0 Å². The molecular weight excluding hydrogens is 450 g/mol. The molecule has 5 rings (SSSR count). The van der Waals surface area contributed by atoms with Gasteiger partial charge in [0.2, 0.25) is 17.7 Å². The summed E-state index contributed by atoms with van der Waals surface area (Å²) in [5.74, 6) is 0.970. The lowest BCUT2D eigenvalue weighted by atomic mass is 10.2. The Morgan fingerprint density at radius 3 is 2.62 bits per heavy atom. The number of aryl methyl sites for hydroxylation is 1. The van der Waals surface area contributed by atoms with Gasteiger partial charge in [0.1, 0.15) is 16.1 Å². The molecule has 34 heavy (non-hydrogen) atoms.